The van der Waals surface area contributed by atoms with Gasteiger partial charge in [-0.05, 0) is 0 Å². The first-order valence-electron chi connectivity index (χ1n) is 4.99. The molecule has 16 heavy (non-hydrogen) atoms. The van der Waals surface area contributed by atoms with Crippen LogP contribution in [-0.4, -0.2) is 16.1 Å². The average Bonchev–Trinajstić information content (AvgIpc) is 2.28. The van der Waals surface area contributed by atoms with Gasteiger partial charge in [-0.1, -0.05) is 39.3 Å². The molecule has 0 aliphatic heterocycles. The topological polar surface area (TPSA) is 0 Å². The second-order valence-corrected chi connectivity index (χ2v) is 16.0. The average molecular weight is 331 g/mol. The molecule has 1 aromatic carbocycles. The van der Waals surface area contributed by atoms with Crippen molar-refractivity contribution in [2.45, 2.75) is 39.3 Å². The van der Waals surface area contributed by atoms with Crippen molar-refractivity contribution in [2.24, 2.45) is 0 Å². The van der Waals surface area contributed by atoms with Crippen LogP contribution in [0.1, 0.15) is 0 Å². The number of hydrogen-bond acceptors (Lipinski definition) is 0. The molecule has 0 amide bonds. The second-order valence-electron chi connectivity index (χ2n) is 5.89. The van der Waals surface area contributed by atoms with E-state index in [9.17, 15) is 0 Å². The van der Waals surface area contributed by atoms with Crippen LogP contribution >= 0.6 is 0 Å². The third-order valence-electron chi connectivity index (χ3n) is 2.49. The largest absolute Gasteiger partial charge is 2.00 e. The molecule has 0 unspecified atom stereocenters. The van der Waals surface area contributed by atoms with Gasteiger partial charge >= 0.3 is 18.6 Å². The standard InChI is InChI=1S/C11H21Si2.2ClH.V/c1-12(2,3)10-7-8-11(9-10)13(4,5)6;;;/h7-9H,1-6H3;2*1H;/q-1;;;+2/p-2. The van der Waals surface area contributed by atoms with Crippen molar-refractivity contribution in [1.82, 2.24) is 0 Å². The van der Waals surface area contributed by atoms with Gasteiger partial charge in [0.1, 0.15) is 0 Å². The number of hydrogen-bond donors (Lipinski definition) is 0. The van der Waals surface area contributed by atoms with Gasteiger partial charge in [-0.15, -0.1) is 0 Å². The first-order valence-corrected chi connectivity index (χ1v) is 12.0. The molecular formula is C11H21Cl2Si2V-. The summed E-state index contributed by atoms with van der Waals surface area (Å²) in [5, 5.41) is 3.23. The van der Waals surface area contributed by atoms with Crippen molar-refractivity contribution in [3.63, 3.8) is 0 Å². The Balaban J connectivity index is -0.000000563. The van der Waals surface area contributed by atoms with Crippen LogP contribution in [0, 0.1) is 0 Å². The fraction of sp³-hybridized carbons (Fsp3) is 0.545. The van der Waals surface area contributed by atoms with Crippen LogP contribution in [0.3, 0.4) is 0 Å². The van der Waals surface area contributed by atoms with E-state index in [-0.39, 0.29) is 43.4 Å². The molecule has 0 aromatic heterocycles. The van der Waals surface area contributed by atoms with Crippen LogP contribution in [0.15, 0.2) is 18.2 Å². The molecule has 0 heterocycles. The zero-order valence-corrected chi connectivity index (χ0v) is 15.8. The van der Waals surface area contributed by atoms with Crippen LogP contribution in [-0.2, 0) is 18.6 Å². The molecule has 5 heteroatoms. The molecule has 0 N–H and O–H groups in total. The van der Waals surface area contributed by atoms with Gasteiger partial charge < -0.3 is 24.8 Å². The molecule has 0 saturated carbocycles. The summed E-state index contributed by atoms with van der Waals surface area (Å²) in [5.74, 6) is 0. The second kappa shape index (κ2) is 7.40. The molecule has 1 rings (SSSR count). The van der Waals surface area contributed by atoms with Crippen molar-refractivity contribution in [2.75, 3.05) is 0 Å². The van der Waals surface area contributed by atoms with Crippen molar-refractivity contribution in [1.29, 1.82) is 0 Å². The molecule has 1 aromatic rings. The summed E-state index contributed by atoms with van der Waals surface area (Å²) in [6, 6.07) is 7.15. The molecular weight excluding hydrogens is 310 g/mol. The fourth-order valence-electron chi connectivity index (χ4n) is 1.38. The van der Waals surface area contributed by atoms with Gasteiger partial charge in [0.05, 0.1) is 0 Å². The van der Waals surface area contributed by atoms with Gasteiger partial charge in [0.2, 0.25) is 0 Å². The summed E-state index contributed by atoms with van der Waals surface area (Å²) in [6.07, 6.45) is 0. The minimum Gasteiger partial charge on any atom is -1.00 e. The van der Waals surface area contributed by atoms with E-state index in [1.165, 1.54) is 0 Å². The third-order valence-corrected chi connectivity index (χ3v) is 6.57. The quantitative estimate of drug-likeness (QED) is 0.390. The van der Waals surface area contributed by atoms with Gasteiger partial charge in [0.15, 0.2) is 0 Å². The van der Waals surface area contributed by atoms with Crippen LogP contribution in [0.5, 0.6) is 0 Å². The molecule has 1 radical (unpaired) electrons. The Morgan fingerprint density at radius 3 is 1.56 bits per heavy atom. The molecule has 0 spiro atoms. The zero-order chi connectivity index (χ0) is 10.3. The Hall–Kier alpha value is 0.948. The first-order chi connectivity index (χ1) is 5.71. The van der Waals surface area contributed by atoms with E-state index in [4.69, 9.17) is 0 Å². The molecule has 0 nitrogen and oxygen atoms in total. The molecule has 0 fully saturated rings. The van der Waals surface area contributed by atoms with Crippen molar-refractivity contribution in [3.05, 3.63) is 18.2 Å². The van der Waals surface area contributed by atoms with Crippen LogP contribution in [0.4, 0.5) is 0 Å². The molecule has 0 atom stereocenters. The van der Waals surface area contributed by atoms with E-state index in [2.05, 4.69) is 57.5 Å². The number of rotatable bonds is 2. The Morgan fingerprint density at radius 1 is 0.938 bits per heavy atom. The third kappa shape index (κ3) is 6.04. The van der Waals surface area contributed by atoms with Gasteiger partial charge in [0, 0.05) is 16.1 Å². The maximum absolute atomic E-state index is 2.46. The maximum atomic E-state index is 2.46. The van der Waals surface area contributed by atoms with Crippen molar-refractivity contribution < 1.29 is 43.4 Å². The predicted molar refractivity (Wildman–Crippen MR) is 68.0 cm³/mol. The Bertz CT molecular complexity index is 269. The molecule has 93 valence electrons. The smallest absolute Gasteiger partial charge is 1.00 e. The van der Waals surface area contributed by atoms with E-state index >= 15 is 0 Å². The Kier molecular flexibility index (Phi) is 10.2. The SMILES string of the molecule is C[Si](C)(C)c1cc[c-]([Si](C)(C)C)c1.[Cl-].[Cl-].[V+2]. The zero-order valence-electron chi connectivity index (χ0n) is 10.9. The first kappa shape index (κ1) is 22.2. The van der Waals surface area contributed by atoms with E-state index in [1.54, 1.807) is 10.4 Å². The molecule has 0 aliphatic carbocycles. The Labute approximate surface area is 127 Å². The van der Waals surface area contributed by atoms with E-state index in [0.29, 0.717) is 0 Å². The predicted octanol–water partition coefficient (Wildman–Crippen LogP) is -3.50. The fourth-order valence-corrected chi connectivity index (χ4v) is 3.86. The minimum atomic E-state index is -1.07. The summed E-state index contributed by atoms with van der Waals surface area (Å²) < 4.78 is 0. The summed E-state index contributed by atoms with van der Waals surface area (Å²) in [7, 11) is -2.14. The minimum absolute atomic E-state index is 0. The summed E-state index contributed by atoms with van der Waals surface area (Å²) in [6.45, 7) is 14.5. The molecule has 0 aliphatic rings. The van der Waals surface area contributed by atoms with Gasteiger partial charge in [-0.2, -0.15) is 17.3 Å². The monoisotopic (exact) mass is 330 g/mol. The number of halogens is 2. The Morgan fingerprint density at radius 2 is 1.38 bits per heavy atom. The van der Waals surface area contributed by atoms with Gasteiger partial charge in [-0.3, -0.25) is 0 Å². The summed E-state index contributed by atoms with van der Waals surface area (Å²) >= 11 is 0. The van der Waals surface area contributed by atoms with Crippen molar-refractivity contribution in [3.8, 4) is 0 Å². The van der Waals surface area contributed by atoms with E-state index < -0.39 is 16.1 Å². The van der Waals surface area contributed by atoms with Crippen molar-refractivity contribution >= 4 is 26.5 Å². The van der Waals surface area contributed by atoms with Crippen LogP contribution in [0.2, 0.25) is 39.3 Å². The van der Waals surface area contributed by atoms with E-state index in [0.717, 1.165) is 0 Å². The van der Waals surface area contributed by atoms with Gasteiger partial charge in [0.25, 0.3) is 0 Å². The molecule has 0 saturated heterocycles. The summed E-state index contributed by atoms with van der Waals surface area (Å²) in [5.41, 5.74) is 0. The van der Waals surface area contributed by atoms with Gasteiger partial charge in [-0.25, -0.2) is 11.3 Å². The maximum Gasteiger partial charge on any atom is 2.00 e. The summed E-state index contributed by atoms with van der Waals surface area (Å²) in [4.78, 5) is 0. The van der Waals surface area contributed by atoms with Crippen LogP contribution < -0.4 is 35.2 Å². The molecule has 0 bridgehead atoms. The normalized spacial score (nSPS) is 10.9. The van der Waals surface area contributed by atoms with Crippen LogP contribution in [0.25, 0.3) is 0 Å². The van der Waals surface area contributed by atoms with E-state index in [1.807, 2.05) is 0 Å².